The van der Waals surface area contributed by atoms with Gasteiger partial charge in [-0.05, 0) is 31.9 Å². The van der Waals surface area contributed by atoms with Crippen molar-refractivity contribution in [2.45, 2.75) is 30.8 Å². The molecule has 1 aliphatic rings. The van der Waals surface area contributed by atoms with Crippen LogP contribution in [0.4, 0.5) is 0 Å². The summed E-state index contributed by atoms with van der Waals surface area (Å²) >= 11 is 0. The van der Waals surface area contributed by atoms with Gasteiger partial charge in [-0.1, -0.05) is 30.3 Å². The van der Waals surface area contributed by atoms with E-state index in [0.717, 1.165) is 5.56 Å². The van der Waals surface area contributed by atoms with Crippen LogP contribution in [0.1, 0.15) is 31.4 Å². The molecule has 0 aliphatic carbocycles. The van der Waals surface area contributed by atoms with Crippen molar-refractivity contribution in [1.82, 2.24) is 13.9 Å². The summed E-state index contributed by atoms with van der Waals surface area (Å²) in [6.07, 6.45) is 3.18. The zero-order valence-electron chi connectivity index (χ0n) is 14.0. The maximum atomic E-state index is 12.9. The summed E-state index contributed by atoms with van der Waals surface area (Å²) in [7, 11) is -3.59. The van der Waals surface area contributed by atoms with Crippen LogP contribution in [0.5, 0.6) is 0 Å². The molecule has 0 saturated carbocycles. The van der Waals surface area contributed by atoms with E-state index in [1.165, 1.54) is 4.31 Å². The Morgan fingerprint density at radius 1 is 1.25 bits per heavy atom. The lowest BCUT2D eigenvalue weighted by atomic mass is 9.89. The molecule has 2 atom stereocenters. The van der Waals surface area contributed by atoms with Gasteiger partial charge in [0.2, 0.25) is 0 Å². The Hall–Kier alpha value is -1.70. The standard InChI is InChI=1S/C17H24N4O2S/c1-13(2)20-11-17(19-12-20)24(22,23)21-9-15(8-18)16(10-21)14-6-4-3-5-7-14/h3-7,11-13,15-16H,8-10,18H2,1-2H3/t15-,16+/m1/s1. The molecule has 1 saturated heterocycles. The Balaban J connectivity index is 1.86. The van der Waals surface area contributed by atoms with Crippen LogP contribution >= 0.6 is 0 Å². The Morgan fingerprint density at radius 2 is 1.96 bits per heavy atom. The van der Waals surface area contributed by atoms with E-state index in [9.17, 15) is 8.42 Å². The first-order valence-corrected chi connectivity index (χ1v) is 9.66. The number of nitrogens with two attached hydrogens (primary N) is 1. The number of hydrogen-bond acceptors (Lipinski definition) is 4. The van der Waals surface area contributed by atoms with Gasteiger partial charge >= 0.3 is 0 Å². The number of nitrogens with zero attached hydrogens (tertiary/aromatic N) is 3. The van der Waals surface area contributed by atoms with Gasteiger partial charge in [0.05, 0.1) is 6.33 Å². The van der Waals surface area contributed by atoms with Gasteiger partial charge in [0.15, 0.2) is 5.03 Å². The quantitative estimate of drug-likeness (QED) is 0.894. The molecule has 0 amide bonds. The molecule has 1 aliphatic heterocycles. The Bertz CT molecular complexity index is 786. The molecule has 24 heavy (non-hydrogen) atoms. The van der Waals surface area contributed by atoms with E-state index in [1.54, 1.807) is 17.1 Å². The molecule has 2 N–H and O–H groups in total. The van der Waals surface area contributed by atoms with E-state index in [-0.39, 0.29) is 22.9 Å². The zero-order chi connectivity index (χ0) is 17.3. The second-order valence-electron chi connectivity index (χ2n) is 6.59. The van der Waals surface area contributed by atoms with Crippen LogP contribution in [0.3, 0.4) is 0 Å². The molecule has 0 unspecified atom stereocenters. The molecule has 1 aromatic heterocycles. The third kappa shape index (κ3) is 3.11. The summed E-state index contributed by atoms with van der Waals surface area (Å²) in [5.74, 6) is 0.243. The van der Waals surface area contributed by atoms with Crippen molar-refractivity contribution in [2.75, 3.05) is 19.6 Å². The van der Waals surface area contributed by atoms with Gasteiger partial charge in [0, 0.05) is 31.2 Å². The highest BCUT2D eigenvalue weighted by molar-refractivity contribution is 7.89. The molecule has 1 aromatic carbocycles. The van der Waals surface area contributed by atoms with Crippen LogP contribution in [0.15, 0.2) is 47.9 Å². The van der Waals surface area contributed by atoms with Crippen molar-refractivity contribution in [2.24, 2.45) is 11.7 Å². The summed E-state index contributed by atoms with van der Waals surface area (Å²) < 4.78 is 29.2. The Morgan fingerprint density at radius 3 is 2.54 bits per heavy atom. The second-order valence-corrected chi connectivity index (χ2v) is 8.47. The number of benzene rings is 1. The van der Waals surface area contributed by atoms with E-state index in [2.05, 4.69) is 4.98 Å². The first-order valence-electron chi connectivity index (χ1n) is 8.22. The average Bonchev–Trinajstić information content (AvgIpc) is 3.23. The molecular formula is C17H24N4O2S. The molecule has 130 valence electrons. The van der Waals surface area contributed by atoms with Gasteiger partial charge < -0.3 is 10.3 Å². The van der Waals surface area contributed by atoms with E-state index < -0.39 is 10.0 Å². The van der Waals surface area contributed by atoms with E-state index >= 15 is 0 Å². The van der Waals surface area contributed by atoms with Crippen molar-refractivity contribution >= 4 is 10.0 Å². The number of imidazole rings is 1. The maximum absolute atomic E-state index is 12.9. The largest absolute Gasteiger partial charge is 0.334 e. The normalized spacial score (nSPS) is 22.3. The lowest BCUT2D eigenvalue weighted by Crippen LogP contribution is -2.30. The fraction of sp³-hybridized carbons (Fsp3) is 0.471. The fourth-order valence-corrected chi connectivity index (χ4v) is 4.65. The summed E-state index contributed by atoms with van der Waals surface area (Å²) in [6.45, 7) is 5.33. The van der Waals surface area contributed by atoms with E-state index in [1.807, 2.05) is 44.2 Å². The maximum Gasteiger partial charge on any atom is 0.262 e. The van der Waals surface area contributed by atoms with Gasteiger partial charge in [0.25, 0.3) is 10.0 Å². The van der Waals surface area contributed by atoms with Gasteiger partial charge in [-0.3, -0.25) is 0 Å². The van der Waals surface area contributed by atoms with Crippen LogP contribution < -0.4 is 5.73 Å². The third-order valence-electron chi connectivity index (χ3n) is 4.72. The minimum Gasteiger partial charge on any atom is -0.334 e. The van der Waals surface area contributed by atoms with Crippen LogP contribution in [0.25, 0.3) is 0 Å². The van der Waals surface area contributed by atoms with Gasteiger partial charge in [0.1, 0.15) is 0 Å². The van der Waals surface area contributed by atoms with Crippen molar-refractivity contribution in [3.8, 4) is 0 Å². The summed E-state index contributed by atoms with van der Waals surface area (Å²) in [5.41, 5.74) is 7.05. The van der Waals surface area contributed by atoms with Crippen LogP contribution in [0.2, 0.25) is 0 Å². The molecule has 0 radical (unpaired) electrons. The predicted octanol–water partition coefficient (Wildman–Crippen LogP) is 1.83. The molecular weight excluding hydrogens is 324 g/mol. The molecule has 0 bridgehead atoms. The number of sulfonamides is 1. The van der Waals surface area contributed by atoms with Crippen LogP contribution in [-0.2, 0) is 10.0 Å². The van der Waals surface area contributed by atoms with Crippen LogP contribution in [-0.4, -0.2) is 41.9 Å². The number of aromatic nitrogens is 2. The van der Waals surface area contributed by atoms with Crippen molar-refractivity contribution < 1.29 is 8.42 Å². The Labute approximate surface area is 143 Å². The number of hydrogen-bond donors (Lipinski definition) is 1. The van der Waals surface area contributed by atoms with Gasteiger partial charge in [-0.15, -0.1) is 0 Å². The van der Waals surface area contributed by atoms with Gasteiger partial charge in [-0.2, -0.15) is 4.31 Å². The third-order valence-corrected chi connectivity index (χ3v) is 6.43. The fourth-order valence-electron chi connectivity index (χ4n) is 3.21. The molecule has 3 rings (SSSR count). The molecule has 6 nitrogen and oxygen atoms in total. The predicted molar refractivity (Wildman–Crippen MR) is 93.1 cm³/mol. The van der Waals surface area contributed by atoms with Crippen LogP contribution in [0, 0.1) is 5.92 Å². The molecule has 2 heterocycles. The first-order chi connectivity index (χ1) is 11.4. The molecule has 1 fully saturated rings. The minimum atomic E-state index is -3.59. The molecule has 7 heteroatoms. The Kier molecular flexibility index (Phi) is 4.76. The second kappa shape index (κ2) is 6.66. The molecule has 0 spiro atoms. The van der Waals surface area contributed by atoms with Gasteiger partial charge in [-0.25, -0.2) is 13.4 Å². The lowest BCUT2D eigenvalue weighted by molar-refractivity contribution is 0.456. The highest BCUT2D eigenvalue weighted by Gasteiger charge is 2.40. The van der Waals surface area contributed by atoms with Crippen molar-refractivity contribution in [1.29, 1.82) is 0 Å². The van der Waals surface area contributed by atoms with E-state index in [4.69, 9.17) is 5.73 Å². The number of rotatable bonds is 5. The average molecular weight is 348 g/mol. The molecule has 2 aromatic rings. The van der Waals surface area contributed by atoms with E-state index in [0.29, 0.717) is 19.6 Å². The van der Waals surface area contributed by atoms with Crippen molar-refractivity contribution in [3.63, 3.8) is 0 Å². The highest BCUT2D eigenvalue weighted by Crippen LogP contribution is 2.34. The monoisotopic (exact) mass is 348 g/mol. The smallest absolute Gasteiger partial charge is 0.262 e. The highest BCUT2D eigenvalue weighted by atomic mass is 32.2. The summed E-state index contributed by atoms with van der Waals surface area (Å²) in [5, 5.41) is 0.112. The SMILES string of the molecule is CC(C)n1cnc(S(=O)(=O)N2C[C@@H](CN)[C@H](c3ccccc3)C2)c1. The van der Waals surface area contributed by atoms with Crippen molar-refractivity contribution in [3.05, 3.63) is 48.4 Å². The minimum absolute atomic E-state index is 0.112. The zero-order valence-corrected chi connectivity index (χ0v) is 14.9. The first kappa shape index (κ1) is 17.1. The summed E-state index contributed by atoms with van der Waals surface area (Å²) in [4.78, 5) is 4.10. The topological polar surface area (TPSA) is 81.2 Å². The lowest BCUT2D eigenvalue weighted by Gasteiger charge is -2.16. The summed E-state index contributed by atoms with van der Waals surface area (Å²) in [6, 6.07) is 10.2.